The third-order valence-corrected chi connectivity index (χ3v) is 0.401. The van der Waals surface area contributed by atoms with Gasteiger partial charge >= 0.3 is 6.18 Å². The molecule has 0 saturated heterocycles. The maximum atomic E-state index is 10.8. The number of hydrogen-bond acceptors (Lipinski definition) is 2. The van der Waals surface area contributed by atoms with Gasteiger partial charge in [-0.25, -0.2) is 8.42 Å². The van der Waals surface area contributed by atoms with Gasteiger partial charge in [0.05, 0.1) is 29.6 Å². The van der Waals surface area contributed by atoms with Crippen molar-refractivity contribution >= 4 is 36.3 Å². The fourth-order valence-corrected chi connectivity index (χ4v) is 0. The molecule has 0 spiro atoms. The zero-order chi connectivity index (χ0) is 9.71. The zero-order valence-corrected chi connectivity index (χ0v) is 9.31. The van der Waals surface area contributed by atoms with Gasteiger partial charge in [-0.2, -0.15) is 13.2 Å². The van der Waals surface area contributed by atoms with Gasteiger partial charge in [-0.3, -0.25) is 0 Å². The highest BCUT2D eigenvalue weighted by molar-refractivity contribution is 9.79. The van der Waals surface area contributed by atoms with E-state index in [-0.39, 0.29) is 0 Å². The molecule has 0 rings (SSSR count). The Hall–Kier alpha value is 0.700. The fraction of sp³-hybridized carbons (Fsp3) is 1.00. The number of alkyl halides is 3. The van der Waals surface area contributed by atoms with Crippen LogP contribution in [0.5, 0.6) is 0 Å². The Morgan fingerprint density at radius 2 is 1.36 bits per heavy atom. The van der Waals surface area contributed by atoms with E-state index in [2.05, 4.69) is 29.6 Å². The monoisotopic (exact) mass is 320 g/mol. The van der Waals surface area contributed by atoms with Crippen LogP contribution in [0.15, 0.2) is 0 Å². The Kier molecular flexibility index (Phi) is 6.94. The van der Waals surface area contributed by atoms with Crippen LogP contribution in [-0.2, 0) is 6.70 Å². The van der Waals surface area contributed by atoms with Gasteiger partial charge in [-0.1, -0.05) is 6.92 Å². The van der Waals surface area contributed by atoms with Crippen molar-refractivity contribution in [2.75, 3.05) is 0 Å². The molecule has 0 aliphatic heterocycles. The molecule has 0 heterocycles. The quantitative estimate of drug-likeness (QED) is 0.643. The molecule has 0 aliphatic carbocycles. The summed E-state index contributed by atoms with van der Waals surface area (Å²) >= 11 is 4.53. The van der Waals surface area contributed by atoms with Crippen molar-refractivity contribution in [3.05, 3.63) is 0 Å². The average molecular weight is 322 g/mol. The van der Waals surface area contributed by atoms with Crippen LogP contribution in [0.1, 0.15) is 13.3 Å². The normalized spacial score (nSPS) is 11.8. The molecule has 8 heteroatoms. The highest BCUT2D eigenvalue weighted by atomic mass is 79.9. The SMILES string of the molecule is CCC(F)(F)F.O=S(=O)(Br)Br. The molecule has 0 aromatic carbocycles. The van der Waals surface area contributed by atoms with E-state index < -0.39 is 19.3 Å². The summed E-state index contributed by atoms with van der Waals surface area (Å²) in [6, 6.07) is 0. The molecule has 0 atom stereocenters. The van der Waals surface area contributed by atoms with Gasteiger partial charge in [-0.05, 0) is 0 Å². The van der Waals surface area contributed by atoms with Crippen LogP contribution in [-0.4, -0.2) is 14.6 Å². The van der Waals surface area contributed by atoms with Crippen molar-refractivity contribution in [3.8, 4) is 0 Å². The Morgan fingerprint density at radius 3 is 1.36 bits per heavy atom. The largest absolute Gasteiger partial charge is 0.388 e. The van der Waals surface area contributed by atoms with Gasteiger partial charge in [0.15, 0.2) is 0 Å². The summed E-state index contributed by atoms with van der Waals surface area (Å²) in [5.41, 5.74) is 0. The second-order valence-corrected chi connectivity index (χ2v) is 9.82. The lowest BCUT2D eigenvalue weighted by atomic mass is 10.5. The molecule has 0 N–H and O–H groups in total. The first-order valence-electron chi connectivity index (χ1n) is 2.27. The maximum absolute atomic E-state index is 10.8. The summed E-state index contributed by atoms with van der Waals surface area (Å²) < 4.78 is 51.3. The molecule has 0 radical (unpaired) electrons. The highest BCUT2D eigenvalue weighted by Gasteiger charge is 2.22. The molecule has 0 unspecified atom stereocenters. The molecule has 0 fully saturated rings. The first kappa shape index (κ1) is 14.2. The second-order valence-electron chi connectivity index (χ2n) is 1.35. The summed E-state index contributed by atoms with van der Waals surface area (Å²) in [6.45, 7) is -1.96. The molecule has 11 heavy (non-hydrogen) atoms. The molecular weight excluding hydrogens is 317 g/mol. The molecule has 0 aromatic heterocycles. The Balaban J connectivity index is 0. The van der Waals surface area contributed by atoms with Gasteiger partial charge in [0.25, 0.3) is 6.70 Å². The molecule has 0 aromatic rings. The summed E-state index contributed by atoms with van der Waals surface area (Å²) in [5.74, 6) is 0. The first-order valence-corrected chi connectivity index (χ1v) is 7.44. The summed E-state index contributed by atoms with van der Waals surface area (Å²) in [4.78, 5) is 0. The second kappa shape index (κ2) is 5.36. The zero-order valence-electron chi connectivity index (χ0n) is 5.32. The highest BCUT2D eigenvalue weighted by Crippen LogP contribution is 2.17. The number of halogens is 5. The topological polar surface area (TPSA) is 34.1 Å². The van der Waals surface area contributed by atoms with E-state index in [0.29, 0.717) is 0 Å². The van der Waals surface area contributed by atoms with Crippen molar-refractivity contribution in [3.63, 3.8) is 0 Å². The standard InChI is InChI=1S/C3H5F3.Br2O2S/c1-2-3(4,5)6;1-5(2,3)4/h2H2,1H3;. The predicted octanol–water partition coefficient (Wildman–Crippen LogP) is 2.98. The molecule has 0 amide bonds. The van der Waals surface area contributed by atoms with Crippen LogP contribution in [0.3, 0.4) is 0 Å². The van der Waals surface area contributed by atoms with Crippen LogP contribution in [0.4, 0.5) is 13.2 Å². The number of hydrogen-bond donors (Lipinski definition) is 0. The third kappa shape index (κ3) is 59.2. The van der Waals surface area contributed by atoms with Gasteiger partial charge in [0.2, 0.25) is 0 Å². The summed E-state index contributed by atoms with van der Waals surface area (Å²) in [7, 11) is 0. The van der Waals surface area contributed by atoms with E-state index >= 15 is 0 Å². The van der Waals surface area contributed by atoms with Crippen molar-refractivity contribution in [2.45, 2.75) is 19.5 Å². The molecule has 0 saturated carbocycles. The van der Waals surface area contributed by atoms with Crippen molar-refractivity contribution in [1.29, 1.82) is 0 Å². The Labute approximate surface area is 77.5 Å². The summed E-state index contributed by atoms with van der Waals surface area (Å²) in [6.07, 6.45) is -4.69. The lowest BCUT2D eigenvalue weighted by Crippen LogP contribution is -2.02. The van der Waals surface area contributed by atoms with Gasteiger partial charge in [-0.15, -0.1) is 0 Å². The smallest absolute Gasteiger partial charge is 0.205 e. The average Bonchev–Trinajstić information content (AvgIpc) is 1.59. The molecule has 70 valence electrons. The minimum absolute atomic E-state index is 0.729. The number of rotatable bonds is 0. The van der Waals surface area contributed by atoms with E-state index in [4.69, 9.17) is 0 Å². The molecule has 2 nitrogen and oxygen atoms in total. The van der Waals surface area contributed by atoms with Crippen LogP contribution < -0.4 is 0 Å². The minimum Gasteiger partial charge on any atom is -0.205 e. The first-order chi connectivity index (χ1) is 4.56. The lowest BCUT2D eigenvalue weighted by Gasteiger charge is -1.96. The molecular formula is C3H5Br2F3O2S. The molecule has 0 aliphatic rings. The van der Waals surface area contributed by atoms with Gasteiger partial charge < -0.3 is 0 Å². The van der Waals surface area contributed by atoms with E-state index in [1.54, 1.807) is 0 Å². The van der Waals surface area contributed by atoms with Gasteiger partial charge in [0, 0.05) is 6.42 Å². The molecule has 0 bridgehead atoms. The van der Waals surface area contributed by atoms with Crippen molar-refractivity contribution in [2.24, 2.45) is 0 Å². The van der Waals surface area contributed by atoms with Crippen LogP contribution in [0.25, 0.3) is 0 Å². The van der Waals surface area contributed by atoms with Crippen LogP contribution >= 0.6 is 29.6 Å². The fourth-order valence-electron chi connectivity index (χ4n) is 0. The van der Waals surface area contributed by atoms with E-state index in [1.165, 1.54) is 0 Å². The van der Waals surface area contributed by atoms with Crippen LogP contribution in [0, 0.1) is 0 Å². The van der Waals surface area contributed by atoms with E-state index in [1.807, 2.05) is 0 Å². The van der Waals surface area contributed by atoms with Gasteiger partial charge in [0.1, 0.15) is 0 Å². The Morgan fingerprint density at radius 1 is 1.27 bits per heavy atom. The third-order valence-electron chi connectivity index (χ3n) is 0.401. The van der Waals surface area contributed by atoms with Crippen LogP contribution in [0.2, 0.25) is 0 Å². The van der Waals surface area contributed by atoms with Crippen molar-refractivity contribution < 1.29 is 21.6 Å². The van der Waals surface area contributed by atoms with E-state index in [9.17, 15) is 21.6 Å². The maximum Gasteiger partial charge on any atom is 0.388 e. The Bertz CT molecular complexity index is 177. The van der Waals surface area contributed by atoms with E-state index in [0.717, 1.165) is 6.92 Å². The summed E-state index contributed by atoms with van der Waals surface area (Å²) in [5, 5.41) is 0. The predicted molar refractivity (Wildman–Crippen MR) is 43.1 cm³/mol. The lowest BCUT2D eigenvalue weighted by molar-refractivity contribution is -0.130. The van der Waals surface area contributed by atoms with Crippen molar-refractivity contribution in [1.82, 2.24) is 0 Å². The minimum atomic E-state index is -3.96.